The fourth-order valence-corrected chi connectivity index (χ4v) is 2.44. The van der Waals surface area contributed by atoms with E-state index in [0.717, 1.165) is 52.4 Å². The second-order valence-electron chi connectivity index (χ2n) is 6.82. The first-order valence-corrected chi connectivity index (χ1v) is 11.4. The highest BCUT2D eigenvalue weighted by molar-refractivity contribution is 4.56. The van der Waals surface area contributed by atoms with E-state index in [9.17, 15) is 0 Å². The van der Waals surface area contributed by atoms with Crippen LogP contribution in [-0.4, -0.2) is 66.2 Å². The van der Waals surface area contributed by atoms with E-state index in [4.69, 9.17) is 18.9 Å². The van der Waals surface area contributed by atoms with Gasteiger partial charge in [0, 0.05) is 40.5 Å². The molecule has 0 spiro atoms. The van der Waals surface area contributed by atoms with Crippen LogP contribution in [0.15, 0.2) is 0 Å². The van der Waals surface area contributed by atoms with E-state index in [2.05, 4.69) is 38.3 Å². The molecular weight excluding hydrogens is 356 g/mol. The van der Waals surface area contributed by atoms with Crippen molar-refractivity contribution in [2.45, 2.75) is 91.5 Å². The molecule has 0 aliphatic carbocycles. The maximum atomic E-state index is 5.49. The predicted octanol–water partition coefficient (Wildman–Crippen LogP) is 4.33. The van der Waals surface area contributed by atoms with E-state index in [0.29, 0.717) is 0 Å². The van der Waals surface area contributed by atoms with E-state index in [1.54, 1.807) is 14.2 Å². The van der Waals surface area contributed by atoms with E-state index >= 15 is 0 Å². The van der Waals surface area contributed by atoms with Gasteiger partial charge < -0.3 is 24.3 Å². The van der Waals surface area contributed by atoms with Crippen LogP contribution in [0, 0.1) is 0 Å². The minimum Gasteiger partial charge on any atom is -0.380 e. The summed E-state index contributed by atoms with van der Waals surface area (Å²) in [5.74, 6) is 0. The minimum atomic E-state index is 0.111. The van der Waals surface area contributed by atoms with Gasteiger partial charge in [-0.1, -0.05) is 53.4 Å². The van der Waals surface area contributed by atoms with Gasteiger partial charge in [-0.2, -0.15) is 0 Å². The van der Waals surface area contributed by atoms with Gasteiger partial charge in [0.25, 0.3) is 0 Å². The Morgan fingerprint density at radius 1 is 0.607 bits per heavy atom. The zero-order valence-corrected chi connectivity index (χ0v) is 19.7. The molecule has 2 atom stereocenters. The van der Waals surface area contributed by atoms with Gasteiger partial charge in [0.15, 0.2) is 0 Å². The SMILES string of the molecule is CCC(NC(CC)OC)OC.CCCCCOCCNCCOCCCCC. The highest BCUT2D eigenvalue weighted by Gasteiger charge is 2.09. The van der Waals surface area contributed by atoms with E-state index in [1.165, 1.54) is 38.5 Å². The van der Waals surface area contributed by atoms with Crippen molar-refractivity contribution in [1.29, 1.82) is 0 Å². The number of methoxy groups -OCH3 is 2. The first-order valence-electron chi connectivity index (χ1n) is 11.4. The third-order valence-corrected chi connectivity index (χ3v) is 4.31. The maximum Gasteiger partial charge on any atom is 0.109 e. The molecule has 0 saturated heterocycles. The molecule has 28 heavy (non-hydrogen) atoms. The fraction of sp³-hybridized carbons (Fsp3) is 1.00. The Hall–Kier alpha value is -0.240. The number of rotatable bonds is 20. The largest absolute Gasteiger partial charge is 0.380 e. The molecule has 0 aliphatic rings. The highest BCUT2D eigenvalue weighted by Crippen LogP contribution is 1.98. The third kappa shape index (κ3) is 23.8. The summed E-state index contributed by atoms with van der Waals surface area (Å²) in [7, 11) is 3.40. The molecule has 0 saturated carbocycles. The quantitative estimate of drug-likeness (QED) is 0.232. The van der Waals surface area contributed by atoms with Crippen LogP contribution in [-0.2, 0) is 18.9 Å². The summed E-state index contributed by atoms with van der Waals surface area (Å²) in [4.78, 5) is 0. The molecule has 0 radical (unpaired) electrons. The van der Waals surface area contributed by atoms with E-state index in [1.807, 2.05) is 0 Å². The standard InChI is InChI=1S/C14H31NO2.C8H19NO2/c1-3-5-7-11-16-13-9-15-10-14-17-12-8-6-4-2;1-5-7(10-3)9-8(6-2)11-4/h15H,3-14H2,1-2H3;7-9H,5-6H2,1-4H3. The molecule has 2 N–H and O–H groups in total. The van der Waals surface area contributed by atoms with Crippen molar-refractivity contribution in [3.63, 3.8) is 0 Å². The average molecular weight is 407 g/mol. The zero-order valence-electron chi connectivity index (χ0n) is 19.7. The van der Waals surface area contributed by atoms with Crippen LogP contribution >= 0.6 is 0 Å². The van der Waals surface area contributed by atoms with E-state index in [-0.39, 0.29) is 12.5 Å². The molecule has 2 unspecified atom stereocenters. The third-order valence-electron chi connectivity index (χ3n) is 4.31. The number of nitrogens with one attached hydrogen (secondary N) is 2. The Kier molecular flexibility index (Phi) is 28.6. The van der Waals surface area contributed by atoms with Crippen LogP contribution in [0.5, 0.6) is 0 Å². The molecule has 0 fully saturated rings. The summed E-state index contributed by atoms with van der Waals surface area (Å²) in [5, 5.41) is 6.53. The molecule has 172 valence electrons. The van der Waals surface area contributed by atoms with Crippen molar-refractivity contribution < 1.29 is 18.9 Å². The Balaban J connectivity index is 0. The summed E-state index contributed by atoms with van der Waals surface area (Å²) in [6.07, 6.45) is 9.59. The average Bonchev–Trinajstić information content (AvgIpc) is 2.73. The van der Waals surface area contributed by atoms with Gasteiger partial charge in [0.05, 0.1) is 13.2 Å². The molecular formula is C22H50N2O4. The van der Waals surface area contributed by atoms with Gasteiger partial charge in [0.1, 0.15) is 12.5 Å². The summed E-state index contributed by atoms with van der Waals surface area (Å²) in [6, 6.07) is 0. The van der Waals surface area contributed by atoms with Crippen molar-refractivity contribution in [1.82, 2.24) is 10.6 Å². The lowest BCUT2D eigenvalue weighted by atomic mass is 10.3. The minimum absolute atomic E-state index is 0.111. The summed E-state index contributed by atoms with van der Waals surface area (Å²) >= 11 is 0. The van der Waals surface area contributed by atoms with Crippen molar-refractivity contribution in [2.24, 2.45) is 0 Å². The molecule has 0 aromatic rings. The monoisotopic (exact) mass is 406 g/mol. The van der Waals surface area contributed by atoms with Gasteiger partial charge in [-0.3, -0.25) is 5.32 Å². The normalized spacial score (nSPS) is 13.1. The first kappa shape index (κ1) is 30.0. The van der Waals surface area contributed by atoms with Gasteiger partial charge in [-0.15, -0.1) is 0 Å². The van der Waals surface area contributed by atoms with Crippen molar-refractivity contribution >= 4 is 0 Å². The molecule has 0 aromatic heterocycles. The van der Waals surface area contributed by atoms with Crippen molar-refractivity contribution in [2.75, 3.05) is 53.7 Å². The number of hydrogen-bond donors (Lipinski definition) is 2. The molecule has 0 rings (SSSR count). The lowest BCUT2D eigenvalue weighted by Gasteiger charge is -2.21. The molecule has 0 heterocycles. The van der Waals surface area contributed by atoms with Crippen molar-refractivity contribution in [3.05, 3.63) is 0 Å². The lowest BCUT2D eigenvalue weighted by Crippen LogP contribution is -2.39. The second kappa shape index (κ2) is 26.8. The fourth-order valence-electron chi connectivity index (χ4n) is 2.44. The molecule has 0 aromatic carbocycles. The summed E-state index contributed by atoms with van der Waals surface area (Å²) < 4.78 is 21.3. The molecule has 6 heteroatoms. The maximum absolute atomic E-state index is 5.49. The van der Waals surface area contributed by atoms with Gasteiger partial charge in [0.2, 0.25) is 0 Å². The van der Waals surface area contributed by atoms with Crippen LogP contribution < -0.4 is 10.6 Å². The predicted molar refractivity (Wildman–Crippen MR) is 119 cm³/mol. The Labute approximate surface area is 175 Å². The highest BCUT2D eigenvalue weighted by atomic mass is 16.5. The topological polar surface area (TPSA) is 61.0 Å². The number of unbranched alkanes of at least 4 members (excludes halogenated alkanes) is 4. The molecule has 0 aliphatic heterocycles. The Morgan fingerprint density at radius 3 is 1.36 bits per heavy atom. The summed E-state index contributed by atoms with van der Waals surface area (Å²) in [5.41, 5.74) is 0. The van der Waals surface area contributed by atoms with Crippen LogP contribution in [0.3, 0.4) is 0 Å². The lowest BCUT2D eigenvalue weighted by molar-refractivity contribution is -0.0121. The molecule has 6 nitrogen and oxygen atoms in total. The first-order chi connectivity index (χ1) is 13.7. The van der Waals surface area contributed by atoms with E-state index < -0.39 is 0 Å². The molecule has 0 bridgehead atoms. The van der Waals surface area contributed by atoms with Gasteiger partial charge in [-0.05, 0) is 25.7 Å². The van der Waals surface area contributed by atoms with Crippen LogP contribution in [0.2, 0.25) is 0 Å². The number of hydrogen-bond acceptors (Lipinski definition) is 6. The zero-order chi connectivity index (χ0) is 21.3. The van der Waals surface area contributed by atoms with Gasteiger partial charge >= 0.3 is 0 Å². The Bertz CT molecular complexity index is 239. The van der Waals surface area contributed by atoms with Crippen LogP contribution in [0.1, 0.15) is 79.1 Å². The van der Waals surface area contributed by atoms with Crippen LogP contribution in [0.25, 0.3) is 0 Å². The number of ether oxygens (including phenoxy) is 4. The van der Waals surface area contributed by atoms with Crippen LogP contribution in [0.4, 0.5) is 0 Å². The van der Waals surface area contributed by atoms with Gasteiger partial charge in [-0.25, -0.2) is 0 Å². The Morgan fingerprint density at radius 2 is 1.04 bits per heavy atom. The second-order valence-corrected chi connectivity index (χ2v) is 6.82. The summed E-state index contributed by atoms with van der Waals surface area (Å²) in [6.45, 7) is 13.9. The molecule has 0 amide bonds. The van der Waals surface area contributed by atoms with Crippen molar-refractivity contribution in [3.8, 4) is 0 Å². The smallest absolute Gasteiger partial charge is 0.109 e.